The summed E-state index contributed by atoms with van der Waals surface area (Å²) in [7, 11) is 0. The minimum absolute atomic E-state index is 0.0327. The number of carbonyl (C=O) groups is 2. The summed E-state index contributed by atoms with van der Waals surface area (Å²) in [5.74, 6) is -0.771. The third-order valence-electron chi connectivity index (χ3n) is 6.32. The van der Waals surface area contributed by atoms with Crippen molar-refractivity contribution in [2.45, 2.75) is 39.4 Å². The van der Waals surface area contributed by atoms with Crippen LogP contribution in [0.1, 0.15) is 57.4 Å². The van der Waals surface area contributed by atoms with E-state index in [1.54, 1.807) is 16.2 Å². The molecule has 0 fully saturated rings. The van der Waals surface area contributed by atoms with E-state index in [4.69, 9.17) is 0 Å². The smallest absolute Gasteiger partial charge is 0.330 e. The van der Waals surface area contributed by atoms with E-state index in [1.165, 1.54) is 21.9 Å². The van der Waals surface area contributed by atoms with Crippen LogP contribution in [0.4, 0.5) is 13.2 Å². The lowest BCUT2D eigenvalue weighted by Crippen LogP contribution is -2.47. The Bertz CT molecular complexity index is 1230. The van der Waals surface area contributed by atoms with E-state index in [9.17, 15) is 22.8 Å². The predicted octanol–water partition coefficient (Wildman–Crippen LogP) is 6.35. The second-order valence-electron chi connectivity index (χ2n) is 9.61. The number of nitrogens with zero attached hydrogens (tertiary/aromatic N) is 2. The minimum atomic E-state index is -4.55. The molecule has 0 spiro atoms. The summed E-state index contributed by atoms with van der Waals surface area (Å²) in [5.41, 5.74) is 2.24. The van der Waals surface area contributed by atoms with Gasteiger partial charge in [-0.15, -0.1) is 11.3 Å². The van der Waals surface area contributed by atoms with Crippen LogP contribution in [-0.2, 0) is 17.4 Å². The third-order valence-corrected chi connectivity index (χ3v) is 7.31. The highest BCUT2D eigenvalue weighted by Gasteiger charge is 2.35. The fraction of sp³-hybridized carbons (Fsp3) is 0.357. The minimum Gasteiger partial charge on any atom is -0.330 e. The molecule has 1 atom stereocenters. The average molecular weight is 515 g/mol. The van der Waals surface area contributed by atoms with E-state index in [0.717, 1.165) is 35.2 Å². The summed E-state index contributed by atoms with van der Waals surface area (Å²) >= 11 is 1.67. The highest BCUT2D eigenvalue weighted by molar-refractivity contribution is 7.10. The Morgan fingerprint density at radius 1 is 1.11 bits per heavy atom. The first-order valence-corrected chi connectivity index (χ1v) is 12.8. The van der Waals surface area contributed by atoms with Crippen molar-refractivity contribution in [3.8, 4) is 0 Å². The first-order chi connectivity index (χ1) is 17.0. The van der Waals surface area contributed by atoms with E-state index >= 15 is 0 Å². The fourth-order valence-electron chi connectivity index (χ4n) is 4.62. The van der Waals surface area contributed by atoms with Crippen LogP contribution < -0.4 is 0 Å². The zero-order chi connectivity index (χ0) is 26.0. The maximum Gasteiger partial charge on any atom is 0.416 e. The maximum absolute atomic E-state index is 13.7. The van der Waals surface area contributed by atoms with E-state index in [2.05, 4.69) is 0 Å². The van der Waals surface area contributed by atoms with Gasteiger partial charge in [0.05, 0.1) is 11.6 Å². The Hall–Kier alpha value is -3.13. The summed E-state index contributed by atoms with van der Waals surface area (Å²) in [4.78, 5) is 31.4. The lowest BCUT2D eigenvalue weighted by Gasteiger charge is -2.38. The molecule has 1 unspecified atom stereocenters. The SMILES string of the molecule is Cc1ccc(C2c3ccsc3CCN2C(=O)CN(CC(C)C)C(=O)c2cccc(C(F)(F)F)c2)cc1. The van der Waals surface area contributed by atoms with Gasteiger partial charge in [0.15, 0.2) is 0 Å². The first kappa shape index (κ1) is 25.9. The second-order valence-corrected chi connectivity index (χ2v) is 10.6. The van der Waals surface area contributed by atoms with E-state index in [0.29, 0.717) is 6.54 Å². The van der Waals surface area contributed by atoms with Gasteiger partial charge in [-0.2, -0.15) is 13.2 Å². The van der Waals surface area contributed by atoms with Crippen LogP contribution in [0.3, 0.4) is 0 Å². The molecule has 190 valence electrons. The first-order valence-electron chi connectivity index (χ1n) is 11.9. The Balaban J connectivity index is 1.62. The molecule has 8 heteroatoms. The number of amides is 2. The van der Waals surface area contributed by atoms with Crippen molar-refractivity contribution < 1.29 is 22.8 Å². The van der Waals surface area contributed by atoms with E-state index < -0.39 is 17.6 Å². The van der Waals surface area contributed by atoms with Crippen LogP contribution in [0.25, 0.3) is 0 Å². The maximum atomic E-state index is 13.7. The Kier molecular flexibility index (Phi) is 7.54. The van der Waals surface area contributed by atoms with Gasteiger partial charge in [0.2, 0.25) is 5.91 Å². The van der Waals surface area contributed by atoms with Crippen molar-refractivity contribution in [3.05, 3.63) is 92.7 Å². The number of thiophene rings is 1. The zero-order valence-corrected chi connectivity index (χ0v) is 21.3. The van der Waals surface area contributed by atoms with E-state index in [1.807, 2.05) is 56.5 Å². The summed E-state index contributed by atoms with van der Waals surface area (Å²) in [5, 5.41) is 2.03. The van der Waals surface area contributed by atoms with Gasteiger partial charge in [-0.3, -0.25) is 9.59 Å². The molecule has 4 nitrogen and oxygen atoms in total. The van der Waals surface area contributed by atoms with Crippen LogP contribution in [0.2, 0.25) is 0 Å². The number of halogens is 3. The molecule has 3 aromatic rings. The molecule has 1 aliphatic rings. The predicted molar refractivity (Wildman–Crippen MR) is 135 cm³/mol. The Morgan fingerprint density at radius 2 is 1.83 bits per heavy atom. The molecule has 0 saturated heterocycles. The van der Waals surface area contributed by atoms with Gasteiger partial charge in [0.1, 0.15) is 6.54 Å². The normalized spacial score (nSPS) is 15.6. The quantitative estimate of drug-likeness (QED) is 0.385. The zero-order valence-electron chi connectivity index (χ0n) is 20.5. The van der Waals surface area contributed by atoms with Gasteiger partial charge in [0, 0.05) is 23.5 Å². The van der Waals surface area contributed by atoms with Crippen LogP contribution in [-0.4, -0.2) is 41.2 Å². The fourth-order valence-corrected chi connectivity index (χ4v) is 5.52. The lowest BCUT2D eigenvalue weighted by molar-refractivity contribution is -0.137. The van der Waals surface area contributed by atoms with Crippen molar-refractivity contribution in [2.75, 3.05) is 19.6 Å². The molecule has 36 heavy (non-hydrogen) atoms. The number of fused-ring (bicyclic) bond motifs is 1. The molecule has 0 radical (unpaired) electrons. The molecular formula is C28H29F3N2O2S. The number of hydrogen-bond acceptors (Lipinski definition) is 3. The average Bonchev–Trinajstić information content (AvgIpc) is 3.31. The van der Waals surface area contributed by atoms with Crippen molar-refractivity contribution >= 4 is 23.2 Å². The van der Waals surface area contributed by atoms with Crippen molar-refractivity contribution in [1.29, 1.82) is 0 Å². The summed E-state index contributed by atoms with van der Waals surface area (Å²) < 4.78 is 39.7. The lowest BCUT2D eigenvalue weighted by atomic mass is 9.92. The summed E-state index contributed by atoms with van der Waals surface area (Å²) in [6, 6.07) is 14.2. The van der Waals surface area contributed by atoms with Crippen LogP contribution in [0, 0.1) is 12.8 Å². The van der Waals surface area contributed by atoms with Gasteiger partial charge in [-0.25, -0.2) is 0 Å². The number of benzene rings is 2. The van der Waals surface area contributed by atoms with E-state index in [-0.39, 0.29) is 36.5 Å². The van der Waals surface area contributed by atoms with Gasteiger partial charge in [-0.05, 0) is 60.0 Å². The van der Waals surface area contributed by atoms with Gasteiger partial charge < -0.3 is 9.80 Å². The number of alkyl halides is 3. The topological polar surface area (TPSA) is 40.6 Å². The van der Waals surface area contributed by atoms with Crippen molar-refractivity contribution in [1.82, 2.24) is 9.80 Å². The highest BCUT2D eigenvalue weighted by Crippen LogP contribution is 2.38. The molecule has 1 aliphatic heterocycles. The molecule has 2 amide bonds. The monoisotopic (exact) mass is 514 g/mol. The summed E-state index contributed by atoms with van der Waals surface area (Å²) in [6.45, 7) is 6.39. The molecule has 1 aromatic heterocycles. The second kappa shape index (κ2) is 10.5. The van der Waals surface area contributed by atoms with Crippen molar-refractivity contribution in [2.24, 2.45) is 5.92 Å². The van der Waals surface area contributed by atoms with Crippen LogP contribution in [0.15, 0.2) is 60.0 Å². The molecule has 4 rings (SSSR count). The molecule has 0 aliphatic carbocycles. The molecule has 0 N–H and O–H groups in total. The largest absolute Gasteiger partial charge is 0.416 e. The van der Waals surface area contributed by atoms with Gasteiger partial charge >= 0.3 is 6.18 Å². The number of aryl methyl sites for hydroxylation is 1. The molecule has 2 heterocycles. The molecule has 2 aromatic carbocycles. The number of rotatable bonds is 6. The van der Waals surface area contributed by atoms with Crippen LogP contribution in [0.5, 0.6) is 0 Å². The number of hydrogen-bond donors (Lipinski definition) is 0. The van der Waals surface area contributed by atoms with Gasteiger partial charge in [-0.1, -0.05) is 49.7 Å². The Labute approximate surface area is 213 Å². The number of carbonyl (C=O) groups excluding carboxylic acids is 2. The molecular weight excluding hydrogens is 485 g/mol. The van der Waals surface area contributed by atoms with Gasteiger partial charge in [0.25, 0.3) is 5.91 Å². The Morgan fingerprint density at radius 3 is 2.50 bits per heavy atom. The van der Waals surface area contributed by atoms with Crippen LogP contribution >= 0.6 is 11.3 Å². The standard InChI is InChI=1S/C28H29F3N2O2S/c1-18(2)16-32(27(35)21-5-4-6-22(15-21)28(29,30)31)17-25(34)33-13-11-24-23(12-14-36-24)26(33)20-9-7-19(3)8-10-20/h4-10,12,14-15,18,26H,11,13,16-17H2,1-3H3. The third kappa shape index (κ3) is 5.64. The van der Waals surface area contributed by atoms with Crippen molar-refractivity contribution in [3.63, 3.8) is 0 Å². The molecule has 0 saturated carbocycles. The molecule has 0 bridgehead atoms. The highest BCUT2D eigenvalue weighted by atomic mass is 32.1. The summed E-state index contributed by atoms with van der Waals surface area (Å²) in [6.07, 6.45) is -3.82.